The zero-order valence-corrected chi connectivity index (χ0v) is 12.6. The summed E-state index contributed by atoms with van der Waals surface area (Å²) in [6.07, 6.45) is 3.97. The second-order valence-electron chi connectivity index (χ2n) is 5.03. The Balaban J connectivity index is 2.01. The Morgan fingerprint density at radius 1 is 1.10 bits per heavy atom. The van der Waals surface area contributed by atoms with Crippen molar-refractivity contribution in [2.24, 2.45) is 0 Å². The van der Waals surface area contributed by atoms with Crippen molar-refractivity contribution in [1.29, 1.82) is 0 Å². The van der Waals surface area contributed by atoms with Gasteiger partial charge in [0.05, 0.1) is 5.69 Å². The zero-order chi connectivity index (χ0) is 14.4. The Hall–Kier alpha value is -1.74. The van der Waals surface area contributed by atoms with Crippen LogP contribution in [-0.4, -0.2) is 9.97 Å². The molecule has 0 radical (unpaired) electrons. The van der Waals surface area contributed by atoms with E-state index in [0.717, 1.165) is 30.9 Å². The van der Waals surface area contributed by atoms with Crippen molar-refractivity contribution in [2.45, 2.75) is 46.2 Å². The summed E-state index contributed by atoms with van der Waals surface area (Å²) in [5.41, 5.74) is 3.77. The van der Waals surface area contributed by atoms with Crippen LogP contribution in [0.25, 0.3) is 0 Å². The molecule has 0 aliphatic carbocycles. The first-order valence-corrected chi connectivity index (χ1v) is 7.33. The van der Waals surface area contributed by atoms with Crippen molar-refractivity contribution in [3.05, 3.63) is 59.2 Å². The monoisotopic (exact) mass is 269 g/mol. The molecule has 1 atom stereocenters. The van der Waals surface area contributed by atoms with E-state index in [2.05, 4.69) is 53.4 Å². The van der Waals surface area contributed by atoms with E-state index in [9.17, 15) is 0 Å². The van der Waals surface area contributed by atoms with Gasteiger partial charge in [0, 0.05) is 18.8 Å². The predicted octanol–water partition coefficient (Wildman–Crippen LogP) is 3.59. The standard InChI is InChI=1S/C17H23N3/c1-4-14-6-8-15(9-7-14)17(5-2)19-12-16-10-11-18-13(3)20-16/h6-11,17,19H,4-5,12H2,1-3H3. The summed E-state index contributed by atoms with van der Waals surface area (Å²) in [4.78, 5) is 8.55. The largest absolute Gasteiger partial charge is 0.304 e. The van der Waals surface area contributed by atoms with Crippen LogP contribution in [0.3, 0.4) is 0 Å². The van der Waals surface area contributed by atoms with Crippen LogP contribution in [0.1, 0.15) is 49.0 Å². The van der Waals surface area contributed by atoms with Gasteiger partial charge in [-0.15, -0.1) is 0 Å². The predicted molar refractivity (Wildman–Crippen MR) is 82.5 cm³/mol. The summed E-state index contributed by atoms with van der Waals surface area (Å²) in [7, 11) is 0. The van der Waals surface area contributed by atoms with E-state index in [1.165, 1.54) is 11.1 Å². The maximum Gasteiger partial charge on any atom is 0.125 e. The molecular weight excluding hydrogens is 246 g/mol. The molecule has 0 aliphatic heterocycles. The Labute approximate surface area is 121 Å². The highest BCUT2D eigenvalue weighted by Gasteiger charge is 2.09. The molecule has 1 aromatic carbocycles. The van der Waals surface area contributed by atoms with Crippen LogP contribution in [0, 0.1) is 6.92 Å². The van der Waals surface area contributed by atoms with Gasteiger partial charge in [-0.1, -0.05) is 38.1 Å². The lowest BCUT2D eigenvalue weighted by Crippen LogP contribution is -2.21. The third-order valence-electron chi connectivity index (χ3n) is 3.56. The van der Waals surface area contributed by atoms with E-state index in [1.54, 1.807) is 0 Å². The van der Waals surface area contributed by atoms with Gasteiger partial charge in [0.25, 0.3) is 0 Å². The fourth-order valence-corrected chi connectivity index (χ4v) is 2.31. The summed E-state index contributed by atoms with van der Waals surface area (Å²) in [5, 5.41) is 3.58. The summed E-state index contributed by atoms with van der Waals surface area (Å²) in [5.74, 6) is 0.824. The van der Waals surface area contributed by atoms with Gasteiger partial charge in [0.1, 0.15) is 5.82 Å². The number of aryl methyl sites for hydroxylation is 2. The molecule has 0 amide bonds. The minimum atomic E-state index is 0.371. The molecule has 3 heteroatoms. The molecule has 0 bridgehead atoms. The van der Waals surface area contributed by atoms with E-state index >= 15 is 0 Å². The van der Waals surface area contributed by atoms with Gasteiger partial charge in [-0.2, -0.15) is 0 Å². The van der Waals surface area contributed by atoms with E-state index in [4.69, 9.17) is 0 Å². The molecule has 20 heavy (non-hydrogen) atoms. The van der Waals surface area contributed by atoms with Gasteiger partial charge in [0.15, 0.2) is 0 Å². The van der Waals surface area contributed by atoms with Crippen molar-refractivity contribution >= 4 is 0 Å². The van der Waals surface area contributed by atoms with E-state index in [1.807, 2.05) is 19.2 Å². The highest BCUT2D eigenvalue weighted by molar-refractivity contribution is 5.25. The van der Waals surface area contributed by atoms with Crippen LogP contribution >= 0.6 is 0 Å². The molecule has 1 heterocycles. The van der Waals surface area contributed by atoms with Gasteiger partial charge < -0.3 is 5.32 Å². The number of rotatable bonds is 6. The molecule has 0 aliphatic rings. The average molecular weight is 269 g/mol. The summed E-state index contributed by atoms with van der Waals surface area (Å²) in [6, 6.07) is 11.2. The Morgan fingerprint density at radius 2 is 1.85 bits per heavy atom. The highest BCUT2D eigenvalue weighted by atomic mass is 14.9. The Kier molecular flexibility index (Phi) is 5.24. The topological polar surface area (TPSA) is 37.8 Å². The molecular formula is C17H23N3. The van der Waals surface area contributed by atoms with Crippen molar-refractivity contribution in [1.82, 2.24) is 15.3 Å². The van der Waals surface area contributed by atoms with Crippen LogP contribution < -0.4 is 5.32 Å². The molecule has 106 valence electrons. The van der Waals surface area contributed by atoms with E-state index in [-0.39, 0.29) is 0 Å². The van der Waals surface area contributed by atoms with Gasteiger partial charge in [0.2, 0.25) is 0 Å². The number of hydrogen-bond acceptors (Lipinski definition) is 3. The molecule has 0 saturated carbocycles. The number of hydrogen-bond donors (Lipinski definition) is 1. The van der Waals surface area contributed by atoms with Crippen LogP contribution in [-0.2, 0) is 13.0 Å². The molecule has 1 aromatic heterocycles. The highest BCUT2D eigenvalue weighted by Crippen LogP contribution is 2.18. The SMILES string of the molecule is CCc1ccc(C(CC)NCc2ccnc(C)n2)cc1. The van der Waals surface area contributed by atoms with Gasteiger partial charge in [-0.05, 0) is 37.0 Å². The Morgan fingerprint density at radius 3 is 2.45 bits per heavy atom. The fraction of sp³-hybridized carbons (Fsp3) is 0.412. The number of nitrogens with zero attached hydrogens (tertiary/aromatic N) is 2. The van der Waals surface area contributed by atoms with Gasteiger partial charge in [-0.3, -0.25) is 0 Å². The summed E-state index contributed by atoms with van der Waals surface area (Å²) < 4.78 is 0. The zero-order valence-electron chi connectivity index (χ0n) is 12.6. The number of nitrogens with one attached hydrogen (secondary N) is 1. The lowest BCUT2D eigenvalue weighted by Gasteiger charge is -2.17. The minimum Gasteiger partial charge on any atom is -0.304 e. The first-order valence-electron chi connectivity index (χ1n) is 7.33. The van der Waals surface area contributed by atoms with Gasteiger partial charge >= 0.3 is 0 Å². The first kappa shape index (κ1) is 14.7. The maximum atomic E-state index is 4.43. The molecule has 1 unspecified atom stereocenters. The normalized spacial score (nSPS) is 12.3. The van der Waals surface area contributed by atoms with Gasteiger partial charge in [-0.25, -0.2) is 9.97 Å². The molecule has 0 saturated heterocycles. The Bertz CT molecular complexity index is 534. The molecule has 1 N–H and O–H groups in total. The van der Waals surface area contributed by atoms with Crippen molar-refractivity contribution in [2.75, 3.05) is 0 Å². The number of benzene rings is 1. The van der Waals surface area contributed by atoms with Crippen molar-refractivity contribution < 1.29 is 0 Å². The second kappa shape index (κ2) is 7.15. The third kappa shape index (κ3) is 3.87. The molecule has 2 aromatic rings. The fourth-order valence-electron chi connectivity index (χ4n) is 2.31. The molecule has 0 fully saturated rings. The van der Waals surface area contributed by atoms with Crippen molar-refractivity contribution in [3.63, 3.8) is 0 Å². The smallest absolute Gasteiger partial charge is 0.125 e. The lowest BCUT2D eigenvalue weighted by molar-refractivity contribution is 0.513. The van der Waals surface area contributed by atoms with Crippen LogP contribution in [0.4, 0.5) is 0 Å². The second-order valence-corrected chi connectivity index (χ2v) is 5.03. The molecule has 3 nitrogen and oxygen atoms in total. The van der Waals surface area contributed by atoms with Crippen LogP contribution in [0.15, 0.2) is 36.5 Å². The third-order valence-corrected chi connectivity index (χ3v) is 3.56. The van der Waals surface area contributed by atoms with Crippen molar-refractivity contribution in [3.8, 4) is 0 Å². The van der Waals surface area contributed by atoms with Crippen LogP contribution in [0.5, 0.6) is 0 Å². The quantitative estimate of drug-likeness (QED) is 0.871. The molecule has 0 spiro atoms. The molecule has 2 rings (SSSR count). The lowest BCUT2D eigenvalue weighted by atomic mass is 10.0. The average Bonchev–Trinajstić information content (AvgIpc) is 2.48. The van der Waals surface area contributed by atoms with E-state index < -0.39 is 0 Å². The number of aromatic nitrogens is 2. The summed E-state index contributed by atoms with van der Waals surface area (Å²) >= 11 is 0. The first-order chi connectivity index (χ1) is 9.72. The minimum absolute atomic E-state index is 0.371. The summed E-state index contributed by atoms with van der Waals surface area (Å²) in [6.45, 7) is 7.08. The van der Waals surface area contributed by atoms with Crippen LogP contribution in [0.2, 0.25) is 0 Å². The van der Waals surface area contributed by atoms with E-state index in [0.29, 0.717) is 6.04 Å². The maximum absolute atomic E-state index is 4.43.